The maximum Gasteiger partial charge on any atom is 0.230 e. The van der Waals surface area contributed by atoms with E-state index in [1.807, 2.05) is 12.1 Å². The number of aryl methyl sites for hydroxylation is 2. The number of carbonyl (C=O) groups is 2. The van der Waals surface area contributed by atoms with Gasteiger partial charge in [0, 0.05) is 25.4 Å². The van der Waals surface area contributed by atoms with E-state index in [1.54, 1.807) is 0 Å². The van der Waals surface area contributed by atoms with Gasteiger partial charge in [-0.3, -0.25) is 14.5 Å². The SMILES string of the molecule is CCc1ccc(CCC(=O)N2CC(N)CC2=O)cc1. The molecule has 1 aliphatic rings. The van der Waals surface area contributed by atoms with E-state index in [0.717, 1.165) is 12.0 Å². The summed E-state index contributed by atoms with van der Waals surface area (Å²) in [6.45, 7) is 2.48. The van der Waals surface area contributed by atoms with Crippen LogP contribution in [0.5, 0.6) is 0 Å². The van der Waals surface area contributed by atoms with Gasteiger partial charge in [-0.2, -0.15) is 0 Å². The maximum atomic E-state index is 11.9. The summed E-state index contributed by atoms with van der Waals surface area (Å²) in [7, 11) is 0. The van der Waals surface area contributed by atoms with E-state index in [-0.39, 0.29) is 24.3 Å². The minimum atomic E-state index is -0.194. The van der Waals surface area contributed by atoms with Crippen molar-refractivity contribution < 1.29 is 9.59 Å². The number of amides is 2. The molecule has 0 bridgehead atoms. The molecule has 0 aromatic heterocycles. The Morgan fingerprint density at radius 3 is 2.47 bits per heavy atom. The summed E-state index contributed by atoms with van der Waals surface area (Å²) in [5.41, 5.74) is 8.09. The van der Waals surface area contributed by atoms with Gasteiger partial charge >= 0.3 is 0 Å². The largest absolute Gasteiger partial charge is 0.326 e. The predicted octanol–water partition coefficient (Wildman–Crippen LogP) is 1.27. The van der Waals surface area contributed by atoms with Gasteiger partial charge in [0.1, 0.15) is 0 Å². The third kappa shape index (κ3) is 3.41. The summed E-state index contributed by atoms with van der Waals surface area (Å²) in [6, 6.07) is 8.06. The van der Waals surface area contributed by atoms with E-state index in [1.165, 1.54) is 10.5 Å². The minimum Gasteiger partial charge on any atom is -0.326 e. The molecule has 2 N–H and O–H groups in total. The summed E-state index contributed by atoms with van der Waals surface area (Å²) < 4.78 is 0. The number of hydrogen-bond donors (Lipinski definition) is 1. The molecule has 2 rings (SSSR count). The molecule has 4 heteroatoms. The molecule has 1 atom stereocenters. The first-order chi connectivity index (χ1) is 9.10. The van der Waals surface area contributed by atoms with E-state index in [2.05, 4.69) is 19.1 Å². The van der Waals surface area contributed by atoms with Crippen molar-refractivity contribution in [2.24, 2.45) is 5.73 Å². The van der Waals surface area contributed by atoms with Crippen LogP contribution < -0.4 is 5.73 Å². The van der Waals surface area contributed by atoms with Crippen LogP contribution >= 0.6 is 0 Å². The van der Waals surface area contributed by atoms with E-state index < -0.39 is 0 Å². The summed E-state index contributed by atoms with van der Waals surface area (Å²) in [5.74, 6) is -0.253. The number of likely N-dealkylation sites (tertiary alicyclic amines) is 1. The Labute approximate surface area is 113 Å². The van der Waals surface area contributed by atoms with Crippen LogP contribution in [0.1, 0.15) is 30.9 Å². The zero-order valence-corrected chi connectivity index (χ0v) is 11.3. The summed E-state index contributed by atoms with van der Waals surface area (Å²) in [5, 5.41) is 0. The topological polar surface area (TPSA) is 63.4 Å². The van der Waals surface area contributed by atoms with Gasteiger partial charge in [0.25, 0.3) is 0 Å². The van der Waals surface area contributed by atoms with Gasteiger partial charge in [0.2, 0.25) is 11.8 Å². The molecule has 19 heavy (non-hydrogen) atoms. The van der Waals surface area contributed by atoms with Crippen LogP contribution in [-0.2, 0) is 22.4 Å². The zero-order valence-electron chi connectivity index (χ0n) is 11.3. The second kappa shape index (κ2) is 5.97. The lowest BCUT2D eigenvalue weighted by molar-refractivity contribution is -0.141. The maximum absolute atomic E-state index is 11.9. The number of nitrogens with two attached hydrogens (primary N) is 1. The molecule has 1 unspecified atom stereocenters. The molecule has 1 heterocycles. The number of rotatable bonds is 4. The Bertz CT molecular complexity index is 468. The first-order valence-corrected chi connectivity index (χ1v) is 6.76. The summed E-state index contributed by atoms with van der Waals surface area (Å²) in [4.78, 5) is 24.8. The molecule has 2 amide bonds. The fourth-order valence-electron chi connectivity index (χ4n) is 2.30. The molecule has 0 radical (unpaired) electrons. The van der Waals surface area contributed by atoms with Gasteiger partial charge in [-0.1, -0.05) is 31.2 Å². The van der Waals surface area contributed by atoms with Gasteiger partial charge in [0.15, 0.2) is 0 Å². The highest BCUT2D eigenvalue weighted by Gasteiger charge is 2.31. The van der Waals surface area contributed by atoms with E-state index in [4.69, 9.17) is 5.73 Å². The van der Waals surface area contributed by atoms with Crippen LogP contribution in [0.15, 0.2) is 24.3 Å². The van der Waals surface area contributed by atoms with Crippen molar-refractivity contribution in [2.45, 2.75) is 38.6 Å². The van der Waals surface area contributed by atoms with Crippen molar-refractivity contribution in [3.8, 4) is 0 Å². The molecule has 1 aliphatic heterocycles. The molecule has 0 aliphatic carbocycles. The van der Waals surface area contributed by atoms with Crippen LogP contribution in [0.3, 0.4) is 0 Å². The third-order valence-corrected chi connectivity index (χ3v) is 3.51. The Balaban J connectivity index is 1.87. The van der Waals surface area contributed by atoms with Gasteiger partial charge in [-0.25, -0.2) is 0 Å². The summed E-state index contributed by atoms with van der Waals surface area (Å²) in [6.07, 6.45) is 2.34. The number of imide groups is 1. The van der Waals surface area contributed by atoms with E-state index in [0.29, 0.717) is 19.4 Å². The fourth-order valence-corrected chi connectivity index (χ4v) is 2.30. The molecular formula is C15H20N2O2. The first-order valence-electron chi connectivity index (χ1n) is 6.76. The lowest BCUT2D eigenvalue weighted by Crippen LogP contribution is -2.34. The standard InChI is InChI=1S/C15H20N2O2/c1-2-11-3-5-12(6-4-11)7-8-14(18)17-10-13(16)9-15(17)19/h3-6,13H,2,7-10,16H2,1H3. The number of benzene rings is 1. The van der Waals surface area contributed by atoms with Gasteiger partial charge in [0.05, 0.1) is 0 Å². The van der Waals surface area contributed by atoms with Crippen LogP contribution in [0.4, 0.5) is 0 Å². The Morgan fingerprint density at radius 1 is 1.32 bits per heavy atom. The fraction of sp³-hybridized carbons (Fsp3) is 0.467. The number of hydrogen-bond acceptors (Lipinski definition) is 3. The molecular weight excluding hydrogens is 240 g/mol. The number of carbonyl (C=O) groups excluding carboxylic acids is 2. The zero-order chi connectivity index (χ0) is 13.8. The molecule has 0 spiro atoms. The van der Waals surface area contributed by atoms with Crippen LogP contribution in [-0.4, -0.2) is 29.3 Å². The highest BCUT2D eigenvalue weighted by atomic mass is 16.2. The highest BCUT2D eigenvalue weighted by Crippen LogP contribution is 2.13. The molecule has 1 fully saturated rings. The lowest BCUT2D eigenvalue weighted by Gasteiger charge is -2.13. The monoisotopic (exact) mass is 260 g/mol. The Kier molecular flexibility index (Phi) is 4.32. The van der Waals surface area contributed by atoms with Crippen LogP contribution in [0, 0.1) is 0 Å². The predicted molar refractivity (Wildman–Crippen MR) is 73.5 cm³/mol. The van der Waals surface area contributed by atoms with Crippen LogP contribution in [0.2, 0.25) is 0 Å². The summed E-state index contributed by atoms with van der Waals surface area (Å²) >= 11 is 0. The molecule has 1 saturated heterocycles. The molecule has 1 aromatic rings. The molecule has 0 saturated carbocycles. The smallest absolute Gasteiger partial charge is 0.230 e. The normalized spacial score (nSPS) is 18.9. The molecule has 1 aromatic carbocycles. The van der Waals surface area contributed by atoms with E-state index >= 15 is 0 Å². The average molecular weight is 260 g/mol. The van der Waals surface area contributed by atoms with E-state index in [9.17, 15) is 9.59 Å². The van der Waals surface area contributed by atoms with Gasteiger partial charge < -0.3 is 5.73 Å². The third-order valence-electron chi connectivity index (χ3n) is 3.51. The molecule has 102 valence electrons. The van der Waals surface area contributed by atoms with Crippen molar-refractivity contribution in [1.29, 1.82) is 0 Å². The van der Waals surface area contributed by atoms with Crippen molar-refractivity contribution in [2.75, 3.05) is 6.54 Å². The van der Waals surface area contributed by atoms with Gasteiger partial charge in [-0.15, -0.1) is 0 Å². The average Bonchev–Trinajstić information content (AvgIpc) is 2.75. The van der Waals surface area contributed by atoms with Crippen molar-refractivity contribution in [3.05, 3.63) is 35.4 Å². The Morgan fingerprint density at radius 2 is 1.95 bits per heavy atom. The second-order valence-electron chi connectivity index (χ2n) is 5.03. The van der Waals surface area contributed by atoms with Crippen molar-refractivity contribution in [3.63, 3.8) is 0 Å². The first kappa shape index (κ1) is 13.7. The van der Waals surface area contributed by atoms with Crippen molar-refractivity contribution in [1.82, 2.24) is 4.90 Å². The quantitative estimate of drug-likeness (QED) is 0.886. The molecule has 4 nitrogen and oxygen atoms in total. The van der Waals surface area contributed by atoms with Gasteiger partial charge in [-0.05, 0) is 24.0 Å². The highest BCUT2D eigenvalue weighted by molar-refractivity contribution is 5.97. The Hall–Kier alpha value is -1.68. The minimum absolute atomic E-state index is 0.113. The second-order valence-corrected chi connectivity index (χ2v) is 5.03. The van der Waals surface area contributed by atoms with Crippen molar-refractivity contribution >= 4 is 11.8 Å². The van der Waals surface area contributed by atoms with Crippen LogP contribution in [0.25, 0.3) is 0 Å². The number of nitrogens with zero attached hydrogens (tertiary/aromatic N) is 1. The lowest BCUT2D eigenvalue weighted by atomic mass is 10.1.